The van der Waals surface area contributed by atoms with E-state index in [1.807, 2.05) is 0 Å². The van der Waals surface area contributed by atoms with Gasteiger partial charge in [-0.3, -0.25) is 4.79 Å². The van der Waals surface area contributed by atoms with Crippen molar-refractivity contribution >= 4 is 32.1 Å². The summed E-state index contributed by atoms with van der Waals surface area (Å²) in [6.45, 7) is 3.83. The van der Waals surface area contributed by atoms with Crippen molar-refractivity contribution in [1.29, 1.82) is 0 Å². The van der Waals surface area contributed by atoms with Gasteiger partial charge in [0, 0.05) is 12.9 Å². The standard InChI is InChI=1S/C10H15NO4S2/c1-4-15-7(2)9(12)11-10-8(5-6-16-10)17(3,13)14/h5-7H,4H2,1-3H3,(H,11,12). The van der Waals surface area contributed by atoms with Crippen LogP contribution in [0.25, 0.3) is 0 Å². The molecule has 7 heteroatoms. The van der Waals surface area contributed by atoms with Gasteiger partial charge in [-0.25, -0.2) is 8.42 Å². The minimum atomic E-state index is -3.32. The first kappa shape index (κ1) is 14.1. The molecule has 1 heterocycles. The van der Waals surface area contributed by atoms with Crippen LogP contribution in [0, 0.1) is 0 Å². The van der Waals surface area contributed by atoms with Gasteiger partial charge in [-0.2, -0.15) is 0 Å². The Hall–Kier alpha value is -0.920. The average Bonchev–Trinajstić information content (AvgIpc) is 2.65. The Morgan fingerprint density at radius 2 is 2.24 bits per heavy atom. The average molecular weight is 277 g/mol. The second kappa shape index (κ2) is 5.61. The lowest BCUT2D eigenvalue weighted by Gasteiger charge is -2.11. The highest BCUT2D eigenvalue weighted by molar-refractivity contribution is 7.91. The largest absolute Gasteiger partial charge is 0.369 e. The topological polar surface area (TPSA) is 72.5 Å². The molecule has 0 aliphatic heterocycles. The predicted molar refractivity (Wildman–Crippen MR) is 67.1 cm³/mol. The number of hydrogen-bond acceptors (Lipinski definition) is 5. The van der Waals surface area contributed by atoms with Gasteiger partial charge in [-0.05, 0) is 25.3 Å². The Kier molecular flexibility index (Phi) is 4.67. The molecule has 0 bridgehead atoms. The molecule has 5 nitrogen and oxygen atoms in total. The second-order valence-electron chi connectivity index (χ2n) is 3.47. The molecule has 0 spiro atoms. The Morgan fingerprint density at radius 1 is 1.59 bits per heavy atom. The van der Waals surface area contributed by atoms with E-state index in [0.717, 1.165) is 6.26 Å². The quantitative estimate of drug-likeness (QED) is 0.885. The number of ether oxygens (including phenoxy) is 1. The first-order valence-electron chi connectivity index (χ1n) is 5.06. The first-order valence-corrected chi connectivity index (χ1v) is 7.83. The molecule has 1 amide bonds. The minimum absolute atomic E-state index is 0.138. The van der Waals surface area contributed by atoms with Crippen LogP contribution in [0.4, 0.5) is 5.00 Å². The van der Waals surface area contributed by atoms with E-state index in [4.69, 9.17) is 4.74 Å². The Morgan fingerprint density at radius 3 is 2.76 bits per heavy atom. The highest BCUT2D eigenvalue weighted by atomic mass is 32.2. The van der Waals surface area contributed by atoms with Gasteiger partial charge in [0.25, 0.3) is 5.91 Å². The van der Waals surface area contributed by atoms with Crippen molar-refractivity contribution in [3.05, 3.63) is 11.4 Å². The highest BCUT2D eigenvalue weighted by Gasteiger charge is 2.19. The third-order valence-corrected chi connectivity index (χ3v) is 4.15. The zero-order valence-electron chi connectivity index (χ0n) is 9.89. The van der Waals surface area contributed by atoms with Gasteiger partial charge in [0.15, 0.2) is 9.84 Å². The summed E-state index contributed by atoms with van der Waals surface area (Å²) >= 11 is 1.17. The van der Waals surface area contributed by atoms with E-state index in [0.29, 0.717) is 11.6 Å². The van der Waals surface area contributed by atoms with Gasteiger partial charge >= 0.3 is 0 Å². The van der Waals surface area contributed by atoms with Crippen LogP contribution in [0.3, 0.4) is 0 Å². The Bertz CT molecular complexity index is 492. The van der Waals surface area contributed by atoms with Crippen LogP contribution in [-0.2, 0) is 19.4 Å². The number of anilines is 1. The van der Waals surface area contributed by atoms with Crippen molar-refractivity contribution in [2.24, 2.45) is 0 Å². The van der Waals surface area contributed by atoms with Gasteiger partial charge in [0.05, 0.1) is 0 Å². The molecule has 1 atom stereocenters. The molecule has 1 aromatic heterocycles. The van der Waals surface area contributed by atoms with E-state index in [2.05, 4.69) is 5.32 Å². The number of nitrogens with one attached hydrogen (secondary N) is 1. The van der Waals surface area contributed by atoms with Crippen LogP contribution in [0.15, 0.2) is 16.3 Å². The third kappa shape index (κ3) is 3.79. The number of rotatable bonds is 5. The van der Waals surface area contributed by atoms with Gasteiger partial charge in [-0.15, -0.1) is 11.3 Å². The normalized spacial score (nSPS) is 13.4. The SMILES string of the molecule is CCOC(C)C(=O)Nc1sccc1S(C)(=O)=O. The summed E-state index contributed by atoms with van der Waals surface area (Å²) < 4.78 is 28.0. The zero-order chi connectivity index (χ0) is 13.1. The maximum atomic E-state index is 11.7. The summed E-state index contributed by atoms with van der Waals surface area (Å²) in [5.41, 5.74) is 0. The molecule has 1 N–H and O–H groups in total. The van der Waals surface area contributed by atoms with Crippen LogP contribution in [0.5, 0.6) is 0 Å². The predicted octanol–water partition coefficient (Wildman–Crippen LogP) is 1.52. The zero-order valence-corrected chi connectivity index (χ0v) is 11.5. The molecule has 0 radical (unpaired) electrons. The number of amides is 1. The number of carbonyl (C=O) groups is 1. The van der Waals surface area contributed by atoms with Crippen molar-refractivity contribution in [2.45, 2.75) is 24.8 Å². The van der Waals surface area contributed by atoms with E-state index in [1.54, 1.807) is 19.2 Å². The molecule has 1 aromatic rings. The second-order valence-corrected chi connectivity index (χ2v) is 6.37. The number of carbonyl (C=O) groups excluding carboxylic acids is 1. The maximum absolute atomic E-state index is 11.7. The summed E-state index contributed by atoms with van der Waals surface area (Å²) in [4.78, 5) is 11.8. The maximum Gasteiger partial charge on any atom is 0.253 e. The van der Waals surface area contributed by atoms with E-state index in [-0.39, 0.29) is 10.8 Å². The van der Waals surface area contributed by atoms with E-state index < -0.39 is 15.9 Å². The summed E-state index contributed by atoms with van der Waals surface area (Å²) in [5.74, 6) is -0.348. The molecule has 1 unspecified atom stereocenters. The Labute approximate surface area is 105 Å². The van der Waals surface area contributed by atoms with Crippen molar-refractivity contribution in [3.8, 4) is 0 Å². The summed E-state index contributed by atoms with van der Waals surface area (Å²) in [6.07, 6.45) is 0.506. The van der Waals surface area contributed by atoms with Gasteiger partial charge in [-0.1, -0.05) is 0 Å². The molecule has 0 aliphatic carbocycles. The number of sulfone groups is 1. The van der Waals surface area contributed by atoms with Gasteiger partial charge < -0.3 is 10.1 Å². The smallest absolute Gasteiger partial charge is 0.253 e. The molecule has 0 aromatic carbocycles. The molecule has 96 valence electrons. The lowest BCUT2D eigenvalue weighted by Crippen LogP contribution is -2.27. The van der Waals surface area contributed by atoms with Gasteiger partial charge in [0.2, 0.25) is 0 Å². The molecule has 17 heavy (non-hydrogen) atoms. The molecule has 1 rings (SSSR count). The fraction of sp³-hybridized carbons (Fsp3) is 0.500. The molecule has 0 saturated heterocycles. The molecular formula is C10H15NO4S2. The van der Waals surface area contributed by atoms with Gasteiger partial charge in [0.1, 0.15) is 16.0 Å². The van der Waals surface area contributed by atoms with Crippen LogP contribution in [0.2, 0.25) is 0 Å². The lowest BCUT2D eigenvalue weighted by molar-refractivity contribution is -0.126. The van der Waals surface area contributed by atoms with Crippen LogP contribution in [0.1, 0.15) is 13.8 Å². The van der Waals surface area contributed by atoms with Crippen LogP contribution in [-0.4, -0.2) is 33.3 Å². The highest BCUT2D eigenvalue weighted by Crippen LogP contribution is 2.27. The minimum Gasteiger partial charge on any atom is -0.369 e. The van der Waals surface area contributed by atoms with Crippen molar-refractivity contribution < 1.29 is 17.9 Å². The molecule has 0 fully saturated rings. The first-order chi connectivity index (χ1) is 7.86. The lowest BCUT2D eigenvalue weighted by atomic mass is 10.4. The molecular weight excluding hydrogens is 262 g/mol. The van der Waals surface area contributed by atoms with Crippen molar-refractivity contribution in [3.63, 3.8) is 0 Å². The Balaban J connectivity index is 2.83. The fourth-order valence-electron chi connectivity index (χ4n) is 1.22. The summed E-state index contributed by atoms with van der Waals surface area (Å²) in [5, 5.41) is 4.52. The molecule has 0 saturated carbocycles. The summed E-state index contributed by atoms with van der Waals surface area (Å²) in [7, 11) is -3.32. The third-order valence-electron chi connectivity index (χ3n) is 2.05. The molecule has 0 aliphatic rings. The van der Waals surface area contributed by atoms with Crippen LogP contribution < -0.4 is 5.32 Å². The number of hydrogen-bond donors (Lipinski definition) is 1. The monoisotopic (exact) mass is 277 g/mol. The van der Waals surface area contributed by atoms with Crippen LogP contribution >= 0.6 is 11.3 Å². The fourth-order valence-corrected chi connectivity index (χ4v) is 3.29. The summed E-state index contributed by atoms with van der Waals surface area (Å²) in [6, 6.07) is 1.47. The van der Waals surface area contributed by atoms with Crippen molar-refractivity contribution in [2.75, 3.05) is 18.2 Å². The van der Waals surface area contributed by atoms with E-state index >= 15 is 0 Å². The number of thiophene rings is 1. The van der Waals surface area contributed by atoms with E-state index in [9.17, 15) is 13.2 Å². The van der Waals surface area contributed by atoms with Crippen molar-refractivity contribution in [1.82, 2.24) is 0 Å². The van der Waals surface area contributed by atoms with E-state index in [1.165, 1.54) is 17.4 Å².